The monoisotopic (exact) mass is 345 g/mol. The van der Waals surface area contributed by atoms with Crippen LogP contribution in [0.5, 0.6) is 11.5 Å². The third-order valence-corrected chi connectivity index (χ3v) is 3.48. The zero-order valence-electron chi connectivity index (χ0n) is 13.0. The van der Waals surface area contributed by atoms with E-state index in [4.69, 9.17) is 5.26 Å². The second-order valence-corrected chi connectivity index (χ2v) is 5.34. The molecule has 2 aromatic rings. The maximum Gasteiger partial charge on any atom is 0.586 e. The molecule has 0 aromatic heterocycles. The number of anilines is 2. The number of amides is 1. The molecule has 1 atom stereocenters. The topological polar surface area (TPSA) is 83.4 Å². The highest BCUT2D eigenvalue weighted by Gasteiger charge is 2.43. The minimum absolute atomic E-state index is 0.0735. The largest absolute Gasteiger partial charge is 0.586 e. The van der Waals surface area contributed by atoms with Crippen molar-refractivity contribution in [2.45, 2.75) is 19.3 Å². The van der Waals surface area contributed by atoms with Gasteiger partial charge in [-0.3, -0.25) is 4.79 Å². The molecule has 0 fully saturated rings. The van der Waals surface area contributed by atoms with E-state index in [2.05, 4.69) is 20.1 Å². The average molecular weight is 345 g/mol. The van der Waals surface area contributed by atoms with E-state index in [0.717, 1.165) is 0 Å². The van der Waals surface area contributed by atoms with Gasteiger partial charge in [-0.25, -0.2) is 0 Å². The molecule has 1 heterocycles. The Bertz CT molecular complexity index is 864. The van der Waals surface area contributed by atoms with Crippen molar-refractivity contribution in [1.82, 2.24) is 0 Å². The summed E-state index contributed by atoms with van der Waals surface area (Å²) in [6.07, 6.45) is -3.69. The number of nitrogens with one attached hydrogen (secondary N) is 2. The van der Waals surface area contributed by atoms with Gasteiger partial charge in [0.2, 0.25) is 5.91 Å². The number of carbonyl (C=O) groups excluding carboxylic acids is 1. The number of rotatable bonds is 4. The smallest absolute Gasteiger partial charge is 0.395 e. The number of hydrogen-bond donors (Lipinski definition) is 2. The molecule has 128 valence electrons. The van der Waals surface area contributed by atoms with Crippen LogP contribution in [0.4, 0.5) is 20.2 Å². The van der Waals surface area contributed by atoms with Gasteiger partial charge in [-0.1, -0.05) is 12.1 Å². The third-order valence-electron chi connectivity index (χ3n) is 3.48. The molecular weight excluding hydrogens is 332 g/mol. The number of ether oxygens (including phenoxy) is 2. The highest BCUT2D eigenvalue weighted by Crippen LogP contribution is 2.42. The van der Waals surface area contributed by atoms with Crippen molar-refractivity contribution >= 4 is 17.3 Å². The Morgan fingerprint density at radius 3 is 2.68 bits per heavy atom. The summed E-state index contributed by atoms with van der Waals surface area (Å²) in [5.41, 5.74) is 1.15. The van der Waals surface area contributed by atoms with Gasteiger partial charge in [0, 0.05) is 11.8 Å². The third kappa shape index (κ3) is 3.61. The maximum atomic E-state index is 13.0. The summed E-state index contributed by atoms with van der Waals surface area (Å²) in [7, 11) is 0. The molecule has 6 nitrogen and oxygen atoms in total. The minimum Gasteiger partial charge on any atom is -0.395 e. The van der Waals surface area contributed by atoms with Crippen LogP contribution < -0.4 is 20.1 Å². The van der Waals surface area contributed by atoms with Crippen LogP contribution in [0, 0.1) is 11.3 Å². The van der Waals surface area contributed by atoms with Crippen LogP contribution in [0.2, 0.25) is 0 Å². The van der Waals surface area contributed by atoms with Gasteiger partial charge in [-0.15, -0.1) is 8.78 Å². The lowest BCUT2D eigenvalue weighted by atomic mass is 10.2. The molecule has 3 rings (SSSR count). The SMILES string of the molecule is CC(Nc1ccc2c(c1)OC(F)(F)O2)C(=O)Nc1ccccc1C#N. The second kappa shape index (κ2) is 6.28. The van der Waals surface area contributed by atoms with Crippen molar-refractivity contribution in [3.63, 3.8) is 0 Å². The van der Waals surface area contributed by atoms with Crippen LogP contribution in [-0.4, -0.2) is 18.2 Å². The van der Waals surface area contributed by atoms with Crippen LogP contribution in [0.15, 0.2) is 42.5 Å². The summed E-state index contributed by atoms with van der Waals surface area (Å²) in [4.78, 5) is 12.3. The fourth-order valence-corrected chi connectivity index (χ4v) is 2.28. The van der Waals surface area contributed by atoms with E-state index < -0.39 is 12.3 Å². The number of nitriles is 1. The molecule has 0 radical (unpaired) electrons. The van der Waals surface area contributed by atoms with E-state index in [9.17, 15) is 13.6 Å². The van der Waals surface area contributed by atoms with E-state index in [-0.39, 0.29) is 17.4 Å². The van der Waals surface area contributed by atoms with Crippen molar-refractivity contribution in [2.24, 2.45) is 0 Å². The molecule has 1 aliphatic rings. The Hall–Kier alpha value is -3.34. The number of alkyl halides is 2. The van der Waals surface area contributed by atoms with Crippen LogP contribution in [0.3, 0.4) is 0 Å². The first-order chi connectivity index (χ1) is 11.9. The molecule has 0 saturated heterocycles. The molecular formula is C17H13F2N3O3. The number of para-hydroxylation sites is 1. The van der Waals surface area contributed by atoms with E-state index in [1.807, 2.05) is 6.07 Å². The summed E-state index contributed by atoms with van der Waals surface area (Å²) in [6.45, 7) is 1.60. The Labute approximate surface area is 142 Å². The van der Waals surface area contributed by atoms with Crippen LogP contribution >= 0.6 is 0 Å². The summed E-state index contributed by atoms with van der Waals surface area (Å²) < 4.78 is 34.7. The predicted molar refractivity (Wildman–Crippen MR) is 85.5 cm³/mol. The van der Waals surface area contributed by atoms with Crippen molar-refractivity contribution in [2.75, 3.05) is 10.6 Å². The van der Waals surface area contributed by atoms with Crippen molar-refractivity contribution in [1.29, 1.82) is 5.26 Å². The molecule has 2 N–H and O–H groups in total. The molecule has 0 spiro atoms. The van der Waals surface area contributed by atoms with Gasteiger partial charge in [-0.05, 0) is 31.2 Å². The first-order valence-electron chi connectivity index (χ1n) is 7.34. The van der Waals surface area contributed by atoms with E-state index >= 15 is 0 Å². The van der Waals surface area contributed by atoms with Gasteiger partial charge in [-0.2, -0.15) is 5.26 Å². The normalized spacial score (nSPS) is 15.1. The molecule has 0 saturated carbocycles. The van der Waals surface area contributed by atoms with Crippen LogP contribution in [0.25, 0.3) is 0 Å². The number of fused-ring (bicyclic) bond motifs is 1. The quantitative estimate of drug-likeness (QED) is 0.888. The van der Waals surface area contributed by atoms with Crippen LogP contribution in [-0.2, 0) is 4.79 Å². The average Bonchev–Trinajstić information content (AvgIpc) is 2.88. The lowest BCUT2D eigenvalue weighted by Gasteiger charge is -2.16. The molecule has 1 amide bonds. The Kier molecular flexibility index (Phi) is 4.15. The molecule has 0 bridgehead atoms. The van der Waals surface area contributed by atoms with Crippen molar-refractivity contribution in [3.05, 3.63) is 48.0 Å². The molecule has 1 aliphatic heterocycles. The second-order valence-electron chi connectivity index (χ2n) is 5.34. The van der Waals surface area contributed by atoms with E-state index in [1.54, 1.807) is 31.2 Å². The van der Waals surface area contributed by atoms with Crippen molar-refractivity contribution < 1.29 is 23.0 Å². The van der Waals surface area contributed by atoms with E-state index in [0.29, 0.717) is 16.9 Å². The maximum absolute atomic E-state index is 13.0. The highest BCUT2D eigenvalue weighted by molar-refractivity contribution is 5.97. The molecule has 2 aromatic carbocycles. The number of hydrogen-bond acceptors (Lipinski definition) is 5. The lowest BCUT2D eigenvalue weighted by Crippen LogP contribution is -2.32. The van der Waals surface area contributed by atoms with Gasteiger partial charge in [0.1, 0.15) is 12.1 Å². The zero-order valence-corrected chi connectivity index (χ0v) is 13.0. The number of carbonyl (C=O) groups is 1. The Morgan fingerprint density at radius 1 is 1.20 bits per heavy atom. The standard InChI is InChI=1S/C17H13F2N3O3/c1-10(16(23)22-13-5-3-2-4-11(13)9-20)21-12-6-7-14-15(8-12)25-17(18,19)24-14/h2-8,10,21H,1H3,(H,22,23). The fourth-order valence-electron chi connectivity index (χ4n) is 2.28. The highest BCUT2D eigenvalue weighted by atomic mass is 19.3. The first-order valence-corrected chi connectivity index (χ1v) is 7.34. The fraction of sp³-hybridized carbons (Fsp3) is 0.176. The van der Waals surface area contributed by atoms with E-state index in [1.165, 1.54) is 18.2 Å². The molecule has 25 heavy (non-hydrogen) atoms. The summed E-state index contributed by atoms with van der Waals surface area (Å²) in [5, 5.41) is 14.6. The number of benzene rings is 2. The summed E-state index contributed by atoms with van der Waals surface area (Å²) in [5.74, 6) is -0.571. The molecule has 8 heteroatoms. The van der Waals surface area contributed by atoms with Gasteiger partial charge in [0.15, 0.2) is 11.5 Å². The summed E-state index contributed by atoms with van der Waals surface area (Å²) >= 11 is 0. The predicted octanol–water partition coefficient (Wildman–Crippen LogP) is 3.32. The molecule has 0 aliphatic carbocycles. The van der Waals surface area contributed by atoms with Crippen molar-refractivity contribution in [3.8, 4) is 17.6 Å². The first kappa shape index (κ1) is 16.5. The number of halogens is 2. The van der Waals surface area contributed by atoms with Gasteiger partial charge < -0.3 is 20.1 Å². The molecule has 1 unspecified atom stereocenters. The number of nitrogens with zero attached hydrogens (tertiary/aromatic N) is 1. The Morgan fingerprint density at radius 2 is 1.92 bits per heavy atom. The van der Waals surface area contributed by atoms with Gasteiger partial charge >= 0.3 is 6.29 Å². The summed E-state index contributed by atoms with van der Waals surface area (Å²) in [6, 6.07) is 12.0. The minimum atomic E-state index is -3.69. The lowest BCUT2D eigenvalue weighted by molar-refractivity contribution is -0.286. The Balaban J connectivity index is 1.68. The van der Waals surface area contributed by atoms with Gasteiger partial charge in [0.25, 0.3) is 0 Å². The van der Waals surface area contributed by atoms with Gasteiger partial charge in [0.05, 0.1) is 11.3 Å². The van der Waals surface area contributed by atoms with Crippen LogP contribution in [0.1, 0.15) is 12.5 Å². The zero-order chi connectivity index (χ0) is 18.0.